The number of hydrogen-bond donors (Lipinski definition) is 4. The maximum atomic E-state index is 13.4. The van der Waals surface area contributed by atoms with E-state index in [0.717, 1.165) is 42.4 Å². The first kappa shape index (κ1) is 27.4. The average molecular weight is 493 g/mol. The minimum atomic E-state index is -0.754. The highest BCUT2D eigenvalue weighted by Crippen LogP contribution is 2.27. The molecule has 3 amide bonds. The van der Waals surface area contributed by atoms with E-state index < -0.39 is 12.1 Å². The van der Waals surface area contributed by atoms with Crippen LogP contribution in [0.3, 0.4) is 0 Å². The first-order valence-corrected chi connectivity index (χ1v) is 13.2. The van der Waals surface area contributed by atoms with E-state index in [-0.39, 0.29) is 17.7 Å². The number of nitrogens with one attached hydrogen (secondary N) is 3. The van der Waals surface area contributed by atoms with E-state index in [4.69, 9.17) is 5.73 Å². The maximum Gasteiger partial charge on any atom is 0.243 e. The lowest BCUT2D eigenvalue weighted by Crippen LogP contribution is -2.54. The third-order valence-electron chi connectivity index (χ3n) is 6.91. The van der Waals surface area contributed by atoms with Gasteiger partial charge in [-0.1, -0.05) is 93.6 Å². The van der Waals surface area contributed by atoms with Crippen molar-refractivity contribution in [2.24, 2.45) is 11.7 Å². The molecule has 7 heteroatoms. The summed E-state index contributed by atoms with van der Waals surface area (Å²) in [7, 11) is 0. The molecule has 3 rings (SSSR count). The number of rotatable bonds is 12. The molecule has 194 valence electrons. The lowest BCUT2D eigenvalue weighted by atomic mass is 9.84. The Morgan fingerprint density at radius 1 is 0.833 bits per heavy atom. The van der Waals surface area contributed by atoms with Gasteiger partial charge in [0.25, 0.3) is 0 Å². The summed E-state index contributed by atoms with van der Waals surface area (Å²) in [5, 5.41) is 8.82. The van der Waals surface area contributed by atoms with Gasteiger partial charge < -0.3 is 21.7 Å². The molecular formula is C29H40N4O3. The van der Waals surface area contributed by atoms with Gasteiger partial charge >= 0.3 is 0 Å². The summed E-state index contributed by atoms with van der Waals surface area (Å²) in [4.78, 5) is 38.8. The molecular weight excluding hydrogens is 452 g/mol. The van der Waals surface area contributed by atoms with E-state index >= 15 is 0 Å². The number of amides is 3. The van der Waals surface area contributed by atoms with Crippen molar-refractivity contribution in [1.29, 1.82) is 0 Å². The Bertz CT molecular complexity index is 972. The van der Waals surface area contributed by atoms with Gasteiger partial charge in [0.05, 0.1) is 0 Å². The highest BCUT2D eigenvalue weighted by Gasteiger charge is 2.29. The van der Waals surface area contributed by atoms with Crippen molar-refractivity contribution in [3.05, 3.63) is 71.3 Å². The molecule has 0 bridgehead atoms. The van der Waals surface area contributed by atoms with Crippen LogP contribution >= 0.6 is 0 Å². The molecule has 5 N–H and O–H groups in total. The van der Waals surface area contributed by atoms with Crippen LogP contribution in [0.4, 0.5) is 0 Å². The van der Waals surface area contributed by atoms with Gasteiger partial charge in [-0.3, -0.25) is 14.4 Å². The van der Waals surface area contributed by atoms with Gasteiger partial charge in [-0.15, -0.1) is 0 Å². The average Bonchev–Trinajstić information content (AvgIpc) is 2.92. The Morgan fingerprint density at radius 3 is 2.14 bits per heavy atom. The molecule has 1 aliphatic rings. The second kappa shape index (κ2) is 14.4. The van der Waals surface area contributed by atoms with E-state index in [1.807, 2.05) is 54.6 Å². The van der Waals surface area contributed by atoms with Gasteiger partial charge in [-0.2, -0.15) is 0 Å². The standard InChI is InChI=1S/C29H40N4O3/c1-2-27(34)32-26(18-22-11-7-4-8-12-22)29(36)33-25(17-21-9-5-3-6-10-21)28(35)31-20-24-15-13-23(19-30)14-16-24/h3,5-6,9-10,13-16,22,25-26H,2,4,7-8,11-12,17-20,30H2,1H3,(H,31,35)(H,32,34)(H,33,36)/t25-,26+/m0/s1. The molecule has 0 saturated heterocycles. The Hall–Kier alpha value is -3.19. The van der Waals surface area contributed by atoms with Crippen LogP contribution in [0.15, 0.2) is 54.6 Å². The monoisotopic (exact) mass is 492 g/mol. The van der Waals surface area contributed by atoms with Crippen LogP contribution in [-0.4, -0.2) is 29.8 Å². The summed E-state index contributed by atoms with van der Waals surface area (Å²) in [6.07, 6.45) is 6.96. The van der Waals surface area contributed by atoms with Gasteiger partial charge in [0.15, 0.2) is 0 Å². The van der Waals surface area contributed by atoms with Crippen molar-refractivity contribution in [1.82, 2.24) is 16.0 Å². The zero-order chi connectivity index (χ0) is 25.8. The van der Waals surface area contributed by atoms with Crippen molar-refractivity contribution in [2.75, 3.05) is 0 Å². The quantitative estimate of drug-likeness (QED) is 0.364. The molecule has 2 atom stereocenters. The molecule has 0 spiro atoms. The van der Waals surface area contributed by atoms with E-state index in [2.05, 4.69) is 16.0 Å². The Kier molecular flexibility index (Phi) is 11.0. The second-order valence-corrected chi connectivity index (χ2v) is 9.70. The van der Waals surface area contributed by atoms with Crippen molar-refractivity contribution in [3.63, 3.8) is 0 Å². The first-order valence-electron chi connectivity index (χ1n) is 13.2. The molecule has 0 aliphatic heterocycles. The van der Waals surface area contributed by atoms with Crippen molar-refractivity contribution >= 4 is 17.7 Å². The summed E-state index contributed by atoms with van der Waals surface area (Å²) in [5.74, 6) is -0.306. The molecule has 0 heterocycles. The molecule has 0 aromatic heterocycles. The fourth-order valence-electron chi connectivity index (χ4n) is 4.72. The third kappa shape index (κ3) is 8.79. The number of hydrogen-bond acceptors (Lipinski definition) is 4. The van der Waals surface area contributed by atoms with E-state index in [0.29, 0.717) is 38.3 Å². The van der Waals surface area contributed by atoms with Crippen LogP contribution in [0.25, 0.3) is 0 Å². The first-order chi connectivity index (χ1) is 17.5. The molecule has 1 fully saturated rings. The van der Waals surface area contributed by atoms with Gasteiger partial charge in [-0.05, 0) is 29.0 Å². The summed E-state index contributed by atoms with van der Waals surface area (Å²) >= 11 is 0. The Morgan fingerprint density at radius 2 is 1.50 bits per heavy atom. The zero-order valence-corrected chi connectivity index (χ0v) is 21.3. The lowest BCUT2D eigenvalue weighted by molar-refractivity contribution is -0.132. The maximum absolute atomic E-state index is 13.4. The van der Waals surface area contributed by atoms with E-state index in [9.17, 15) is 14.4 Å². The van der Waals surface area contributed by atoms with Gasteiger partial charge in [0.2, 0.25) is 17.7 Å². The largest absolute Gasteiger partial charge is 0.350 e. The van der Waals surface area contributed by atoms with Gasteiger partial charge in [0.1, 0.15) is 12.1 Å². The molecule has 1 aliphatic carbocycles. The summed E-state index contributed by atoms with van der Waals surface area (Å²) in [6, 6.07) is 16.0. The smallest absolute Gasteiger partial charge is 0.243 e. The van der Waals surface area contributed by atoms with E-state index in [1.165, 1.54) is 6.42 Å². The normalized spacial score (nSPS) is 15.5. The molecule has 0 radical (unpaired) electrons. The lowest BCUT2D eigenvalue weighted by Gasteiger charge is -2.28. The molecule has 1 saturated carbocycles. The number of carbonyl (C=O) groups excluding carboxylic acids is 3. The highest BCUT2D eigenvalue weighted by molar-refractivity contribution is 5.92. The summed E-state index contributed by atoms with van der Waals surface area (Å²) < 4.78 is 0. The van der Waals surface area contributed by atoms with E-state index in [1.54, 1.807) is 6.92 Å². The van der Waals surface area contributed by atoms with Crippen molar-refractivity contribution in [2.45, 2.75) is 83.5 Å². The zero-order valence-electron chi connectivity index (χ0n) is 21.3. The topological polar surface area (TPSA) is 113 Å². The van der Waals surface area contributed by atoms with Gasteiger partial charge in [-0.25, -0.2) is 0 Å². The predicted octanol–water partition coefficient (Wildman–Crippen LogP) is 3.35. The second-order valence-electron chi connectivity index (χ2n) is 9.70. The minimum Gasteiger partial charge on any atom is -0.350 e. The van der Waals surface area contributed by atoms with Gasteiger partial charge in [0, 0.05) is 25.9 Å². The minimum absolute atomic E-state index is 0.157. The van der Waals surface area contributed by atoms with Crippen molar-refractivity contribution < 1.29 is 14.4 Å². The van der Waals surface area contributed by atoms with Crippen LogP contribution in [0, 0.1) is 5.92 Å². The molecule has 7 nitrogen and oxygen atoms in total. The Labute approximate surface area is 214 Å². The molecule has 2 aromatic carbocycles. The number of benzene rings is 2. The number of nitrogens with two attached hydrogens (primary N) is 1. The Balaban J connectivity index is 1.70. The number of carbonyl (C=O) groups is 3. The summed E-state index contributed by atoms with van der Waals surface area (Å²) in [5.41, 5.74) is 8.60. The molecule has 2 aromatic rings. The fraction of sp³-hybridized carbons (Fsp3) is 0.483. The summed E-state index contributed by atoms with van der Waals surface area (Å²) in [6.45, 7) is 2.59. The van der Waals surface area contributed by atoms with Crippen LogP contribution < -0.4 is 21.7 Å². The predicted molar refractivity (Wildman–Crippen MR) is 142 cm³/mol. The third-order valence-corrected chi connectivity index (χ3v) is 6.91. The van der Waals surface area contributed by atoms with Crippen LogP contribution in [0.1, 0.15) is 68.6 Å². The van der Waals surface area contributed by atoms with Crippen molar-refractivity contribution in [3.8, 4) is 0 Å². The van der Waals surface area contributed by atoms with Crippen LogP contribution in [0.2, 0.25) is 0 Å². The highest BCUT2D eigenvalue weighted by atomic mass is 16.2. The SMILES string of the molecule is CCC(=O)N[C@H](CC1CCCCC1)C(=O)N[C@@H](Cc1ccccc1)C(=O)NCc1ccc(CN)cc1. The molecule has 36 heavy (non-hydrogen) atoms. The van der Waals surface area contributed by atoms with Crippen LogP contribution in [-0.2, 0) is 33.9 Å². The fourth-order valence-corrected chi connectivity index (χ4v) is 4.72. The van der Waals surface area contributed by atoms with Crippen LogP contribution in [0.5, 0.6) is 0 Å². The molecule has 0 unspecified atom stereocenters.